The summed E-state index contributed by atoms with van der Waals surface area (Å²) in [7, 11) is 0. The van der Waals surface area contributed by atoms with Crippen LogP contribution in [0, 0.1) is 19.8 Å². The minimum Gasteiger partial charge on any atom is -0.371 e. The van der Waals surface area contributed by atoms with Gasteiger partial charge in [-0.25, -0.2) is 0 Å². The van der Waals surface area contributed by atoms with Crippen molar-refractivity contribution in [3.8, 4) is 0 Å². The Morgan fingerprint density at radius 1 is 1.47 bits per heavy atom. The van der Waals surface area contributed by atoms with Gasteiger partial charge < -0.3 is 5.11 Å². The van der Waals surface area contributed by atoms with Gasteiger partial charge in [0.25, 0.3) is 0 Å². The molecule has 1 atom stereocenters. The summed E-state index contributed by atoms with van der Waals surface area (Å²) in [6, 6.07) is 0. The quantitative estimate of drug-likeness (QED) is 0.810. The monoisotopic (exact) mass is 249 g/mol. The van der Waals surface area contributed by atoms with Crippen molar-refractivity contribution in [1.82, 2.24) is 0 Å². The first-order valence-electron chi connectivity index (χ1n) is 4.91. The average molecular weight is 250 g/mol. The van der Waals surface area contributed by atoms with Gasteiger partial charge in [0.05, 0.1) is 4.88 Å². The molecule has 0 aliphatic carbocycles. The Kier molecular flexibility index (Phi) is 5.27. The van der Waals surface area contributed by atoms with E-state index in [1.54, 1.807) is 11.3 Å². The summed E-state index contributed by atoms with van der Waals surface area (Å²) in [5, 5.41) is 12.2. The third-order valence-electron chi connectivity index (χ3n) is 2.40. The van der Waals surface area contributed by atoms with E-state index in [0.717, 1.165) is 10.4 Å². The highest BCUT2D eigenvalue weighted by molar-refractivity contribution is 7.10. The zero-order valence-corrected chi connectivity index (χ0v) is 11.3. The Hall–Kier alpha value is -0.0900. The van der Waals surface area contributed by atoms with Crippen LogP contribution in [0.2, 0.25) is 0 Å². The van der Waals surface area contributed by atoms with E-state index in [-0.39, 0.29) is 12.4 Å². The van der Waals surface area contributed by atoms with Crippen LogP contribution in [0.5, 0.6) is 0 Å². The number of aryl methyl sites for hydroxylation is 1. The molecule has 0 spiro atoms. The lowest BCUT2D eigenvalue weighted by atomic mass is 9.97. The first-order chi connectivity index (χ1) is 6.34. The molecule has 1 aromatic rings. The second kappa shape index (κ2) is 5.30. The van der Waals surface area contributed by atoms with Gasteiger partial charge >= 0.3 is 0 Å². The molecule has 1 aromatic heterocycles. The molecule has 0 bridgehead atoms. The Morgan fingerprint density at radius 2 is 2.00 bits per heavy atom. The van der Waals surface area contributed by atoms with E-state index in [9.17, 15) is 5.11 Å². The third kappa shape index (κ3) is 3.45. The van der Waals surface area contributed by atoms with Gasteiger partial charge in [-0.15, -0.1) is 23.7 Å². The normalized spacial score (nSPS) is 14.9. The number of hydrogen-bond donors (Lipinski definition) is 2. The molecule has 0 aliphatic heterocycles. The number of halogens is 1. The predicted molar refractivity (Wildman–Crippen MR) is 68.6 cm³/mol. The van der Waals surface area contributed by atoms with Crippen molar-refractivity contribution in [3.63, 3.8) is 0 Å². The maximum absolute atomic E-state index is 10.1. The van der Waals surface area contributed by atoms with Gasteiger partial charge in [-0.1, -0.05) is 13.8 Å². The second-order valence-corrected chi connectivity index (χ2v) is 5.27. The highest BCUT2D eigenvalue weighted by Gasteiger charge is 2.28. The molecule has 4 heteroatoms. The van der Waals surface area contributed by atoms with Crippen LogP contribution < -0.4 is 5.73 Å². The topological polar surface area (TPSA) is 46.2 Å². The maximum Gasteiger partial charge on any atom is 0.149 e. The van der Waals surface area contributed by atoms with Crippen LogP contribution in [0.1, 0.15) is 36.3 Å². The van der Waals surface area contributed by atoms with E-state index < -0.39 is 5.72 Å². The lowest BCUT2D eigenvalue weighted by Gasteiger charge is -2.25. The van der Waals surface area contributed by atoms with E-state index in [4.69, 9.17) is 5.73 Å². The van der Waals surface area contributed by atoms with E-state index in [0.29, 0.717) is 12.3 Å². The van der Waals surface area contributed by atoms with Crippen LogP contribution in [0.15, 0.2) is 5.38 Å². The van der Waals surface area contributed by atoms with Gasteiger partial charge in [0, 0.05) is 0 Å². The fourth-order valence-corrected chi connectivity index (χ4v) is 2.74. The van der Waals surface area contributed by atoms with Gasteiger partial charge in [-0.3, -0.25) is 5.73 Å². The van der Waals surface area contributed by atoms with E-state index in [1.807, 2.05) is 19.2 Å². The standard InChI is InChI=1S/C11H19NOS.ClH/c1-7(2)5-11(12,13)10-9(4)8(3)6-14-10;/h6-7,13H,5,12H2,1-4H3;1H. The molecule has 0 radical (unpaired) electrons. The SMILES string of the molecule is Cc1csc(C(N)(O)CC(C)C)c1C.Cl. The lowest BCUT2D eigenvalue weighted by Crippen LogP contribution is -2.37. The summed E-state index contributed by atoms with van der Waals surface area (Å²) < 4.78 is 0. The van der Waals surface area contributed by atoms with Crippen LogP contribution in [0.3, 0.4) is 0 Å². The molecular formula is C11H20ClNOS. The first kappa shape index (κ1) is 14.9. The van der Waals surface area contributed by atoms with Crippen LogP contribution in [-0.4, -0.2) is 5.11 Å². The van der Waals surface area contributed by atoms with Crippen LogP contribution in [0.4, 0.5) is 0 Å². The first-order valence-corrected chi connectivity index (χ1v) is 5.79. The maximum atomic E-state index is 10.1. The number of nitrogens with two attached hydrogens (primary N) is 1. The van der Waals surface area contributed by atoms with Crippen LogP contribution in [0.25, 0.3) is 0 Å². The summed E-state index contributed by atoms with van der Waals surface area (Å²) in [5.41, 5.74) is 7.10. The molecule has 2 nitrogen and oxygen atoms in total. The minimum absolute atomic E-state index is 0. The molecule has 1 unspecified atom stereocenters. The molecular weight excluding hydrogens is 230 g/mol. The van der Waals surface area contributed by atoms with Crippen molar-refractivity contribution >= 4 is 23.7 Å². The molecule has 0 aliphatic rings. The zero-order chi connectivity index (χ0) is 10.9. The van der Waals surface area contributed by atoms with Crippen LogP contribution in [-0.2, 0) is 5.72 Å². The zero-order valence-electron chi connectivity index (χ0n) is 9.70. The highest BCUT2D eigenvalue weighted by Crippen LogP contribution is 2.32. The van der Waals surface area contributed by atoms with Crippen molar-refractivity contribution in [2.45, 2.75) is 39.8 Å². The molecule has 3 N–H and O–H groups in total. The Morgan fingerprint density at radius 3 is 2.33 bits per heavy atom. The number of aliphatic hydroxyl groups is 1. The molecule has 0 saturated carbocycles. The summed E-state index contributed by atoms with van der Waals surface area (Å²) in [4.78, 5) is 0.906. The molecule has 15 heavy (non-hydrogen) atoms. The van der Waals surface area contributed by atoms with Gasteiger partial charge in [-0.05, 0) is 42.7 Å². The Balaban J connectivity index is 0.00000196. The van der Waals surface area contributed by atoms with Gasteiger partial charge in [0.1, 0.15) is 5.72 Å². The average Bonchev–Trinajstić information content (AvgIpc) is 2.30. The van der Waals surface area contributed by atoms with Gasteiger partial charge in [0.2, 0.25) is 0 Å². The number of thiophene rings is 1. The predicted octanol–water partition coefficient (Wildman–Crippen LogP) is 2.94. The number of rotatable bonds is 3. The van der Waals surface area contributed by atoms with Crippen molar-refractivity contribution in [2.75, 3.05) is 0 Å². The van der Waals surface area contributed by atoms with Crippen molar-refractivity contribution in [2.24, 2.45) is 11.7 Å². The molecule has 0 aromatic carbocycles. The highest BCUT2D eigenvalue weighted by atomic mass is 35.5. The fraction of sp³-hybridized carbons (Fsp3) is 0.636. The number of hydrogen-bond acceptors (Lipinski definition) is 3. The summed E-state index contributed by atoms with van der Waals surface area (Å²) in [5.74, 6) is 0.395. The molecule has 0 fully saturated rings. The van der Waals surface area contributed by atoms with Gasteiger partial charge in [0.15, 0.2) is 0 Å². The van der Waals surface area contributed by atoms with Crippen molar-refractivity contribution < 1.29 is 5.11 Å². The van der Waals surface area contributed by atoms with E-state index in [2.05, 4.69) is 13.8 Å². The van der Waals surface area contributed by atoms with Crippen LogP contribution >= 0.6 is 23.7 Å². The summed E-state index contributed by atoms with van der Waals surface area (Å²) >= 11 is 1.55. The van der Waals surface area contributed by atoms with Crippen molar-refractivity contribution in [1.29, 1.82) is 0 Å². The van der Waals surface area contributed by atoms with E-state index in [1.165, 1.54) is 5.56 Å². The fourth-order valence-electron chi connectivity index (χ4n) is 1.64. The minimum atomic E-state index is -1.16. The van der Waals surface area contributed by atoms with Gasteiger partial charge in [-0.2, -0.15) is 0 Å². The smallest absolute Gasteiger partial charge is 0.149 e. The Labute approximate surface area is 102 Å². The molecule has 88 valence electrons. The Bertz CT molecular complexity index is 320. The largest absolute Gasteiger partial charge is 0.371 e. The summed E-state index contributed by atoms with van der Waals surface area (Å²) in [6.07, 6.45) is 0.605. The molecule has 1 heterocycles. The molecule has 1 rings (SSSR count). The summed E-state index contributed by atoms with van der Waals surface area (Å²) in [6.45, 7) is 8.18. The van der Waals surface area contributed by atoms with E-state index >= 15 is 0 Å². The third-order valence-corrected chi connectivity index (χ3v) is 3.77. The van der Waals surface area contributed by atoms with Crippen molar-refractivity contribution in [3.05, 3.63) is 21.4 Å². The molecule has 0 saturated heterocycles. The second-order valence-electron chi connectivity index (χ2n) is 4.40. The molecule has 0 amide bonds. The lowest BCUT2D eigenvalue weighted by molar-refractivity contribution is 0.0249.